The summed E-state index contributed by atoms with van der Waals surface area (Å²) < 4.78 is 0. The lowest BCUT2D eigenvalue weighted by atomic mass is 9.97. The van der Waals surface area contributed by atoms with Crippen molar-refractivity contribution in [2.45, 2.75) is 32.6 Å². The molecule has 0 atom stereocenters. The second-order valence-electron chi connectivity index (χ2n) is 5.40. The summed E-state index contributed by atoms with van der Waals surface area (Å²) in [6.45, 7) is 6.71. The van der Waals surface area contributed by atoms with E-state index in [4.69, 9.17) is 5.73 Å². The molecule has 0 bridgehead atoms. The van der Waals surface area contributed by atoms with Gasteiger partial charge in [0.1, 0.15) is 0 Å². The van der Waals surface area contributed by atoms with Crippen molar-refractivity contribution in [3.63, 3.8) is 0 Å². The number of amides is 1. The second-order valence-corrected chi connectivity index (χ2v) is 5.40. The Balaban J connectivity index is 2.32. The quantitative estimate of drug-likeness (QED) is 0.844. The van der Waals surface area contributed by atoms with Gasteiger partial charge in [-0.1, -0.05) is 19.9 Å². The lowest BCUT2D eigenvalue weighted by Gasteiger charge is -2.23. The number of nitrogens with zero attached hydrogens (tertiary/aromatic N) is 1. The summed E-state index contributed by atoms with van der Waals surface area (Å²) in [5, 5.41) is 0. The van der Waals surface area contributed by atoms with Gasteiger partial charge in [0.25, 0.3) is 0 Å². The molecule has 0 aliphatic carbocycles. The Hall–Kier alpha value is -1.77. The van der Waals surface area contributed by atoms with E-state index in [1.54, 1.807) is 6.08 Å². The fourth-order valence-corrected chi connectivity index (χ4v) is 2.56. The molecule has 1 aliphatic rings. The van der Waals surface area contributed by atoms with E-state index in [9.17, 15) is 4.79 Å². The summed E-state index contributed by atoms with van der Waals surface area (Å²) in [7, 11) is 0. The number of benzene rings is 1. The molecule has 3 nitrogen and oxygen atoms in total. The Morgan fingerprint density at radius 2 is 2.00 bits per heavy atom. The minimum Gasteiger partial charge on any atom is -0.371 e. The van der Waals surface area contributed by atoms with Gasteiger partial charge < -0.3 is 10.6 Å². The van der Waals surface area contributed by atoms with Crippen LogP contribution in [0.2, 0.25) is 0 Å². The van der Waals surface area contributed by atoms with Crippen LogP contribution < -0.4 is 10.6 Å². The predicted molar refractivity (Wildman–Crippen MR) is 80.2 cm³/mol. The summed E-state index contributed by atoms with van der Waals surface area (Å²) in [5.41, 5.74) is 8.84. The highest BCUT2D eigenvalue weighted by Gasteiger charge is 2.17. The van der Waals surface area contributed by atoms with Gasteiger partial charge in [0, 0.05) is 24.9 Å². The molecule has 1 heterocycles. The van der Waals surface area contributed by atoms with Crippen LogP contribution in [0.25, 0.3) is 6.08 Å². The highest BCUT2D eigenvalue weighted by atomic mass is 16.1. The third-order valence-corrected chi connectivity index (χ3v) is 3.56. The molecular weight excluding hydrogens is 236 g/mol. The Morgan fingerprint density at radius 1 is 1.32 bits per heavy atom. The molecule has 1 amide bonds. The second kappa shape index (κ2) is 5.91. The van der Waals surface area contributed by atoms with E-state index in [0.29, 0.717) is 5.92 Å². The van der Waals surface area contributed by atoms with Crippen molar-refractivity contribution in [3.8, 4) is 0 Å². The van der Waals surface area contributed by atoms with E-state index in [2.05, 4.69) is 36.9 Å². The predicted octanol–water partition coefficient (Wildman–Crippen LogP) is 2.91. The van der Waals surface area contributed by atoms with Crippen LogP contribution in [-0.2, 0) is 4.79 Å². The van der Waals surface area contributed by atoms with Crippen LogP contribution in [0.4, 0.5) is 5.69 Å². The number of carbonyl (C=O) groups is 1. The van der Waals surface area contributed by atoms with Gasteiger partial charge in [0.15, 0.2) is 0 Å². The van der Waals surface area contributed by atoms with E-state index < -0.39 is 5.91 Å². The van der Waals surface area contributed by atoms with Crippen LogP contribution in [0.3, 0.4) is 0 Å². The van der Waals surface area contributed by atoms with E-state index in [1.807, 2.05) is 0 Å². The number of hydrogen-bond acceptors (Lipinski definition) is 2. The van der Waals surface area contributed by atoms with Gasteiger partial charge in [-0.2, -0.15) is 0 Å². The monoisotopic (exact) mass is 258 g/mol. The smallest absolute Gasteiger partial charge is 0.241 e. The molecule has 0 radical (unpaired) electrons. The van der Waals surface area contributed by atoms with Crippen molar-refractivity contribution in [2.75, 3.05) is 18.0 Å². The molecule has 0 aromatic heterocycles. The zero-order valence-corrected chi connectivity index (χ0v) is 11.7. The maximum absolute atomic E-state index is 10.8. The summed E-state index contributed by atoms with van der Waals surface area (Å²) in [4.78, 5) is 13.2. The lowest BCUT2D eigenvalue weighted by Crippen LogP contribution is -2.19. The largest absolute Gasteiger partial charge is 0.371 e. The molecule has 0 unspecified atom stereocenters. The first-order chi connectivity index (χ1) is 9.08. The fraction of sp³-hybridized carbons (Fsp3) is 0.438. The third-order valence-electron chi connectivity index (χ3n) is 3.56. The average Bonchev–Trinajstić information content (AvgIpc) is 2.89. The summed E-state index contributed by atoms with van der Waals surface area (Å²) >= 11 is 0. The van der Waals surface area contributed by atoms with Crippen molar-refractivity contribution in [2.24, 2.45) is 5.73 Å². The van der Waals surface area contributed by atoms with Crippen LogP contribution in [0.15, 0.2) is 24.3 Å². The molecular formula is C16H22N2O. The molecule has 0 spiro atoms. The van der Waals surface area contributed by atoms with Crippen LogP contribution in [0.5, 0.6) is 0 Å². The number of anilines is 1. The molecule has 1 aromatic rings. The van der Waals surface area contributed by atoms with Crippen LogP contribution >= 0.6 is 0 Å². The molecule has 1 saturated heterocycles. The SMILES string of the molecule is CC(C)c1cc(/C=C\C(N)=O)ccc1N1CCCC1. The van der Waals surface area contributed by atoms with Gasteiger partial charge in [0.05, 0.1) is 0 Å². The standard InChI is InChI=1S/C16H22N2O/c1-12(2)14-11-13(6-8-16(17)19)5-7-15(14)18-9-3-4-10-18/h5-8,11-12H,3-4,9-10H2,1-2H3,(H2,17,19)/b8-6-. The molecule has 2 rings (SSSR count). The van der Waals surface area contributed by atoms with Crippen molar-refractivity contribution in [1.82, 2.24) is 0 Å². The van der Waals surface area contributed by atoms with Crippen LogP contribution in [-0.4, -0.2) is 19.0 Å². The van der Waals surface area contributed by atoms with Crippen molar-refractivity contribution in [3.05, 3.63) is 35.4 Å². The minimum absolute atomic E-state index is 0.408. The topological polar surface area (TPSA) is 46.3 Å². The first kappa shape index (κ1) is 13.7. The van der Waals surface area contributed by atoms with Crippen molar-refractivity contribution < 1.29 is 4.79 Å². The van der Waals surface area contributed by atoms with Gasteiger partial charge in [-0.3, -0.25) is 4.79 Å². The van der Waals surface area contributed by atoms with Gasteiger partial charge >= 0.3 is 0 Å². The molecule has 1 aromatic carbocycles. The summed E-state index contributed by atoms with van der Waals surface area (Å²) in [6, 6.07) is 6.39. The zero-order valence-electron chi connectivity index (χ0n) is 11.7. The van der Waals surface area contributed by atoms with E-state index in [-0.39, 0.29) is 0 Å². The van der Waals surface area contributed by atoms with E-state index in [1.165, 1.54) is 30.2 Å². The fourth-order valence-electron chi connectivity index (χ4n) is 2.56. The Bertz CT molecular complexity index is 486. The normalized spacial score (nSPS) is 15.6. The Labute approximate surface area is 115 Å². The minimum atomic E-state index is -0.408. The van der Waals surface area contributed by atoms with Gasteiger partial charge in [-0.05, 0) is 48.1 Å². The maximum Gasteiger partial charge on any atom is 0.241 e. The summed E-state index contributed by atoms with van der Waals surface area (Å²) in [6.07, 6.45) is 5.75. The van der Waals surface area contributed by atoms with Gasteiger partial charge in [-0.15, -0.1) is 0 Å². The lowest BCUT2D eigenvalue weighted by molar-refractivity contribution is -0.113. The first-order valence-electron chi connectivity index (χ1n) is 6.94. The molecule has 19 heavy (non-hydrogen) atoms. The van der Waals surface area contributed by atoms with Gasteiger partial charge in [-0.25, -0.2) is 0 Å². The first-order valence-corrected chi connectivity index (χ1v) is 6.94. The molecule has 0 saturated carbocycles. The highest BCUT2D eigenvalue weighted by molar-refractivity contribution is 5.90. The molecule has 102 valence electrons. The Morgan fingerprint density at radius 3 is 2.58 bits per heavy atom. The average molecular weight is 258 g/mol. The molecule has 3 heteroatoms. The number of primary amides is 1. The van der Waals surface area contributed by atoms with Crippen molar-refractivity contribution >= 4 is 17.7 Å². The van der Waals surface area contributed by atoms with Crippen LogP contribution in [0.1, 0.15) is 43.7 Å². The maximum atomic E-state index is 10.8. The zero-order chi connectivity index (χ0) is 13.8. The molecule has 1 aliphatic heterocycles. The number of carbonyl (C=O) groups excluding carboxylic acids is 1. The summed E-state index contributed by atoms with van der Waals surface area (Å²) in [5.74, 6) is 0.0623. The molecule has 1 fully saturated rings. The van der Waals surface area contributed by atoms with E-state index in [0.717, 1.165) is 18.7 Å². The van der Waals surface area contributed by atoms with E-state index >= 15 is 0 Å². The van der Waals surface area contributed by atoms with Crippen molar-refractivity contribution in [1.29, 1.82) is 0 Å². The van der Waals surface area contributed by atoms with Gasteiger partial charge in [0.2, 0.25) is 5.91 Å². The molecule has 2 N–H and O–H groups in total. The Kier molecular flexibility index (Phi) is 4.25. The number of nitrogens with two attached hydrogens (primary N) is 1. The number of hydrogen-bond donors (Lipinski definition) is 1. The van der Waals surface area contributed by atoms with Crippen LogP contribution in [0, 0.1) is 0 Å². The number of rotatable bonds is 4. The highest BCUT2D eigenvalue weighted by Crippen LogP contribution is 2.31. The third kappa shape index (κ3) is 3.37.